The zero-order chi connectivity index (χ0) is 16.8. The molecule has 2 aromatic carbocycles. The Morgan fingerprint density at radius 2 is 1.78 bits per heavy atom. The fraction of sp³-hybridized carbons (Fsp3) is 0.235. The number of hydrogen-bond acceptors (Lipinski definition) is 3. The van der Waals surface area contributed by atoms with Crippen LogP contribution in [-0.2, 0) is 11.2 Å². The predicted molar refractivity (Wildman–Crippen MR) is 93.0 cm³/mol. The van der Waals surface area contributed by atoms with Crippen molar-refractivity contribution in [1.82, 2.24) is 0 Å². The molecule has 0 heterocycles. The summed E-state index contributed by atoms with van der Waals surface area (Å²) in [5.41, 5.74) is 1.54. The van der Waals surface area contributed by atoms with Gasteiger partial charge in [-0.3, -0.25) is 4.79 Å². The first-order valence-electron chi connectivity index (χ1n) is 6.99. The summed E-state index contributed by atoms with van der Waals surface area (Å²) in [4.78, 5) is 12.0. The van der Waals surface area contributed by atoms with E-state index in [1.165, 1.54) is 0 Å². The SMILES string of the molecule is COc1ccc(CCC(=O)Nc2ccc(Cl)cc2Cl)cc1OC. The topological polar surface area (TPSA) is 47.6 Å². The third kappa shape index (κ3) is 4.78. The zero-order valence-corrected chi connectivity index (χ0v) is 14.4. The molecule has 122 valence electrons. The molecule has 0 bridgehead atoms. The van der Waals surface area contributed by atoms with Crippen LogP contribution in [0, 0.1) is 0 Å². The number of amides is 1. The molecule has 0 spiro atoms. The van der Waals surface area contributed by atoms with Gasteiger partial charge in [0.05, 0.1) is 24.9 Å². The molecule has 1 amide bonds. The molecule has 0 aliphatic carbocycles. The standard InChI is InChI=1S/C17H17Cl2NO3/c1-22-15-7-3-11(9-16(15)23-2)4-8-17(21)20-14-6-5-12(18)10-13(14)19/h3,5-7,9-10H,4,8H2,1-2H3,(H,20,21). The van der Waals surface area contributed by atoms with Crippen LogP contribution in [0.3, 0.4) is 0 Å². The lowest BCUT2D eigenvalue weighted by Crippen LogP contribution is -2.12. The van der Waals surface area contributed by atoms with E-state index in [2.05, 4.69) is 5.32 Å². The van der Waals surface area contributed by atoms with Crippen molar-refractivity contribution < 1.29 is 14.3 Å². The first-order chi connectivity index (χ1) is 11.0. The minimum Gasteiger partial charge on any atom is -0.493 e. The van der Waals surface area contributed by atoms with Gasteiger partial charge in [0.15, 0.2) is 11.5 Å². The van der Waals surface area contributed by atoms with Crippen LogP contribution < -0.4 is 14.8 Å². The number of methoxy groups -OCH3 is 2. The Labute approximate surface area is 145 Å². The monoisotopic (exact) mass is 353 g/mol. The van der Waals surface area contributed by atoms with Gasteiger partial charge >= 0.3 is 0 Å². The molecule has 6 heteroatoms. The number of hydrogen-bond donors (Lipinski definition) is 1. The quantitative estimate of drug-likeness (QED) is 0.826. The largest absolute Gasteiger partial charge is 0.493 e. The minimum atomic E-state index is -0.121. The van der Waals surface area contributed by atoms with Crippen molar-refractivity contribution in [3.8, 4) is 11.5 Å². The number of carbonyl (C=O) groups excluding carboxylic acids is 1. The van der Waals surface area contributed by atoms with E-state index in [1.54, 1.807) is 32.4 Å². The van der Waals surface area contributed by atoms with Gasteiger partial charge in [-0.1, -0.05) is 29.3 Å². The molecular weight excluding hydrogens is 337 g/mol. The van der Waals surface area contributed by atoms with E-state index in [1.807, 2.05) is 18.2 Å². The summed E-state index contributed by atoms with van der Waals surface area (Å²) < 4.78 is 10.4. The Hall–Kier alpha value is -1.91. The van der Waals surface area contributed by atoms with Gasteiger partial charge < -0.3 is 14.8 Å². The molecule has 0 saturated heterocycles. The van der Waals surface area contributed by atoms with Crippen LogP contribution in [0.25, 0.3) is 0 Å². The van der Waals surface area contributed by atoms with Gasteiger partial charge in [0.25, 0.3) is 0 Å². The molecule has 0 atom stereocenters. The Balaban J connectivity index is 1.96. The highest BCUT2D eigenvalue weighted by Gasteiger charge is 2.09. The van der Waals surface area contributed by atoms with E-state index < -0.39 is 0 Å². The van der Waals surface area contributed by atoms with E-state index in [-0.39, 0.29) is 5.91 Å². The van der Waals surface area contributed by atoms with Gasteiger partial charge in [-0.05, 0) is 42.3 Å². The number of ether oxygens (including phenoxy) is 2. The second-order valence-electron chi connectivity index (χ2n) is 4.86. The van der Waals surface area contributed by atoms with E-state index >= 15 is 0 Å². The van der Waals surface area contributed by atoms with Gasteiger partial charge in [0.2, 0.25) is 5.91 Å². The number of aryl methyl sites for hydroxylation is 1. The van der Waals surface area contributed by atoms with Gasteiger partial charge in [-0.15, -0.1) is 0 Å². The molecule has 0 unspecified atom stereocenters. The van der Waals surface area contributed by atoms with Gasteiger partial charge in [0, 0.05) is 11.4 Å². The van der Waals surface area contributed by atoms with Crippen molar-refractivity contribution in [2.45, 2.75) is 12.8 Å². The maximum absolute atomic E-state index is 12.0. The third-order valence-electron chi connectivity index (χ3n) is 3.29. The van der Waals surface area contributed by atoms with Crippen molar-refractivity contribution in [3.63, 3.8) is 0 Å². The smallest absolute Gasteiger partial charge is 0.224 e. The van der Waals surface area contributed by atoms with Crippen LogP contribution >= 0.6 is 23.2 Å². The van der Waals surface area contributed by atoms with Crippen LogP contribution in [0.4, 0.5) is 5.69 Å². The lowest BCUT2D eigenvalue weighted by atomic mass is 10.1. The predicted octanol–water partition coefficient (Wildman–Crippen LogP) is 4.58. The van der Waals surface area contributed by atoms with Crippen molar-refractivity contribution in [2.75, 3.05) is 19.5 Å². The number of anilines is 1. The molecule has 0 aromatic heterocycles. The fourth-order valence-corrected chi connectivity index (χ4v) is 2.55. The van der Waals surface area contributed by atoms with Gasteiger partial charge in [0.1, 0.15) is 0 Å². The second-order valence-corrected chi connectivity index (χ2v) is 5.71. The maximum Gasteiger partial charge on any atom is 0.224 e. The van der Waals surface area contributed by atoms with Crippen molar-refractivity contribution in [1.29, 1.82) is 0 Å². The number of nitrogens with one attached hydrogen (secondary N) is 1. The average Bonchev–Trinajstić information content (AvgIpc) is 2.55. The second kappa shape index (κ2) is 8.09. The summed E-state index contributed by atoms with van der Waals surface area (Å²) >= 11 is 11.9. The number of carbonyl (C=O) groups is 1. The van der Waals surface area contributed by atoms with Crippen LogP contribution in [0.1, 0.15) is 12.0 Å². The molecule has 0 aliphatic rings. The molecule has 0 radical (unpaired) electrons. The highest BCUT2D eigenvalue weighted by Crippen LogP contribution is 2.28. The third-order valence-corrected chi connectivity index (χ3v) is 3.84. The average molecular weight is 354 g/mol. The van der Waals surface area contributed by atoms with Crippen LogP contribution in [0.5, 0.6) is 11.5 Å². The first-order valence-corrected chi connectivity index (χ1v) is 7.75. The Bertz CT molecular complexity index is 704. The molecule has 0 aliphatic heterocycles. The molecule has 23 heavy (non-hydrogen) atoms. The Morgan fingerprint density at radius 1 is 1.04 bits per heavy atom. The van der Waals surface area contributed by atoms with Crippen LogP contribution in [-0.4, -0.2) is 20.1 Å². The van der Waals surface area contributed by atoms with Crippen molar-refractivity contribution in [2.24, 2.45) is 0 Å². The molecule has 2 aromatic rings. The maximum atomic E-state index is 12.0. The number of benzene rings is 2. The van der Waals surface area contributed by atoms with E-state index in [9.17, 15) is 4.79 Å². The molecule has 0 fully saturated rings. The molecular formula is C17H17Cl2NO3. The lowest BCUT2D eigenvalue weighted by Gasteiger charge is -2.10. The molecule has 4 nitrogen and oxygen atoms in total. The summed E-state index contributed by atoms with van der Waals surface area (Å²) in [7, 11) is 3.16. The van der Waals surface area contributed by atoms with E-state index in [0.29, 0.717) is 40.1 Å². The lowest BCUT2D eigenvalue weighted by molar-refractivity contribution is -0.116. The Morgan fingerprint density at radius 3 is 2.43 bits per heavy atom. The summed E-state index contributed by atoms with van der Waals surface area (Å²) in [5, 5.41) is 3.71. The van der Waals surface area contributed by atoms with E-state index in [0.717, 1.165) is 5.56 Å². The summed E-state index contributed by atoms with van der Waals surface area (Å²) in [6.07, 6.45) is 0.909. The van der Waals surface area contributed by atoms with Crippen molar-refractivity contribution in [3.05, 3.63) is 52.0 Å². The zero-order valence-electron chi connectivity index (χ0n) is 12.9. The summed E-state index contributed by atoms with van der Waals surface area (Å²) in [6.45, 7) is 0. The van der Waals surface area contributed by atoms with Gasteiger partial charge in [-0.2, -0.15) is 0 Å². The number of halogens is 2. The highest BCUT2D eigenvalue weighted by atomic mass is 35.5. The molecule has 0 saturated carbocycles. The summed E-state index contributed by atoms with van der Waals surface area (Å²) in [6, 6.07) is 10.5. The minimum absolute atomic E-state index is 0.121. The number of rotatable bonds is 6. The first kappa shape index (κ1) is 17.4. The van der Waals surface area contributed by atoms with Crippen molar-refractivity contribution >= 4 is 34.8 Å². The Kier molecular flexibility index (Phi) is 6.13. The fourth-order valence-electron chi connectivity index (χ4n) is 2.10. The van der Waals surface area contributed by atoms with Crippen LogP contribution in [0.15, 0.2) is 36.4 Å². The molecule has 2 rings (SSSR count). The molecule has 1 N–H and O–H groups in total. The van der Waals surface area contributed by atoms with Crippen LogP contribution in [0.2, 0.25) is 10.0 Å². The van der Waals surface area contributed by atoms with Gasteiger partial charge in [-0.25, -0.2) is 0 Å². The summed E-state index contributed by atoms with van der Waals surface area (Å²) in [5.74, 6) is 1.18. The normalized spacial score (nSPS) is 10.3. The van der Waals surface area contributed by atoms with E-state index in [4.69, 9.17) is 32.7 Å². The highest BCUT2D eigenvalue weighted by molar-refractivity contribution is 6.36.